The third kappa shape index (κ3) is 2.34. The molecule has 1 heterocycles. The molecule has 0 fully saturated rings. The SMILES string of the molecule is Cn1cc2cc([N+](=O)[O-])c(=O)cc-2c(-c2ccccc2)c1C#N. The van der Waals surface area contributed by atoms with Gasteiger partial charge in [0, 0.05) is 36.5 Å². The predicted molar refractivity (Wildman–Crippen MR) is 85.1 cm³/mol. The van der Waals surface area contributed by atoms with Gasteiger partial charge in [0.1, 0.15) is 11.8 Å². The largest absolute Gasteiger partial charge is 0.341 e. The van der Waals surface area contributed by atoms with Gasteiger partial charge in [0.2, 0.25) is 0 Å². The second-order valence-corrected chi connectivity index (χ2v) is 5.11. The van der Waals surface area contributed by atoms with Crippen molar-refractivity contribution >= 4 is 5.69 Å². The van der Waals surface area contributed by atoms with Crippen molar-refractivity contribution in [3.05, 3.63) is 74.7 Å². The third-order valence-corrected chi connectivity index (χ3v) is 3.69. The maximum Gasteiger partial charge on any atom is 0.316 e. The van der Waals surface area contributed by atoms with Crippen molar-refractivity contribution in [3.8, 4) is 28.3 Å². The normalized spacial score (nSPS) is 10.4. The molecular weight excluding hydrogens is 294 g/mol. The molecule has 1 aromatic carbocycles. The van der Waals surface area contributed by atoms with E-state index in [1.807, 2.05) is 30.3 Å². The zero-order chi connectivity index (χ0) is 16.6. The lowest BCUT2D eigenvalue weighted by atomic mass is 9.92. The van der Waals surface area contributed by atoms with Crippen LogP contribution in [0.15, 0.2) is 53.5 Å². The molecule has 0 saturated carbocycles. The maximum absolute atomic E-state index is 12.0. The molecule has 112 valence electrons. The molecule has 0 amide bonds. The highest BCUT2D eigenvalue weighted by atomic mass is 16.6. The van der Waals surface area contributed by atoms with Crippen LogP contribution in [0.2, 0.25) is 0 Å². The molecule has 1 aliphatic heterocycles. The topological polar surface area (TPSA) is 88.9 Å². The summed E-state index contributed by atoms with van der Waals surface area (Å²) in [6.45, 7) is 0. The average molecular weight is 305 g/mol. The molecule has 0 aromatic heterocycles. The molecule has 23 heavy (non-hydrogen) atoms. The van der Waals surface area contributed by atoms with E-state index in [-0.39, 0.29) is 0 Å². The molecule has 0 unspecified atom stereocenters. The number of nitro groups is 1. The smallest absolute Gasteiger partial charge is 0.316 e. The molecule has 1 aliphatic carbocycles. The van der Waals surface area contributed by atoms with Gasteiger partial charge in [0.25, 0.3) is 5.43 Å². The Hall–Kier alpha value is -3.46. The van der Waals surface area contributed by atoms with Crippen molar-refractivity contribution < 1.29 is 4.92 Å². The Morgan fingerprint density at radius 3 is 2.48 bits per heavy atom. The Kier molecular flexibility index (Phi) is 3.39. The lowest BCUT2D eigenvalue weighted by Crippen LogP contribution is -2.11. The van der Waals surface area contributed by atoms with Crippen molar-refractivity contribution in [1.29, 1.82) is 5.26 Å². The van der Waals surface area contributed by atoms with Crippen molar-refractivity contribution in [1.82, 2.24) is 4.57 Å². The number of nitrogens with zero attached hydrogens (tertiary/aromatic N) is 3. The monoisotopic (exact) mass is 305 g/mol. The van der Waals surface area contributed by atoms with Crippen molar-refractivity contribution in [2.45, 2.75) is 0 Å². The molecule has 6 nitrogen and oxygen atoms in total. The Bertz CT molecular complexity index is 985. The highest BCUT2D eigenvalue weighted by Crippen LogP contribution is 2.36. The summed E-state index contributed by atoms with van der Waals surface area (Å²) in [5.41, 5.74) is 1.69. The average Bonchev–Trinajstić information content (AvgIpc) is 2.54. The maximum atomic E-state index is 12.0. The van der Waals surface area contributed by atoms with Crippen LogP contribution in [0.1, 0.15) is 5.69 Å². The van der Waals surface area contributed by atoms with E-state index in [4.69, 9.17) is 0 Å². The van der Waals surface area contributed by atoms with Gasteiger partial charge in [-0.15, -0.1) is 0 Å². The van der Waals surface area contributed by atoms with E-state index >= 15 is 0 Å². The van der Waals surface area contributed by atoms with Crippen LogP contribution in [0, 0.1) is 21.4 Å². The van der Waals surface area contributed by atoms with E-state index in [1.54, 1.807) is 17.8 Å². The van der Waals surface area contributed by atoms with Gasteiger partial charge in [-0.3, -0.25) is 14.9 Å². The number of hydrogen-bond acceptors (Lipinski definition) is 4. The number of aryl methyl sites for hydroxylation is 1. The van der Waals surface area contributed by atoms with E-state index in [0.29, 0.717) is 22.4 Å². The number of benzene rings is 2. The molecule has 3 rings (SSSR count). The lowest BCUT2D eigenvalue weighted by Gasteiger charge is -2.17. The Morgan fingerprint density at radius 2 is 1.87 bits per heavy atom. The van der Waals surface area contributed by atoms with E-state index in [1.165, 1.54) is 12.1 Å². The van der Waals surface area contributed by atoms with E-state index in [9.17, 15) is 20.2 Å². The van der Waals surface area contributed by atoms with Gasteiger partial charge in [0.05, 0.1) is 4.92 Å². The van der Waals surface area contributed by atoms with Gasteiger partial charge in [-0.05, 0) is 11.1 Å². The number of hydrogen-bond donors (Lipinski definition) is 0. The Morgan fingerprint density at radius 1 is 1.17 bits per heavy atom. The predicted octanol–water partition coefficient (Wildman–Crippen LogP) is 2.94. The molecule has 1 aromatic rings. The summed E-state index contributed by atoms with van der Waals surface area (Å²) in [6, 6.07) is 13.8. The van der Waals surface area contributed by atoms with Gasteiger partial charge in [0.15, 0.2) is 0 Å². The number of pyridine rings is 1. The van der Waals surface area contributed by atoms with Crippen molar-refractivity contribution in [3.63, 3.8) is 0 Å². The quantitative estimate of drug-likeness (QED) is 0.538. The van der Waals surface area contributed by atoms with Gasteiger partial charge < -0.3 is 4.57 Å². The summed E-state index contributed by atoms with van der Waals surface area (Å²) in [5, 5.41) is 20.4. The number of non-ortho nitro benzene ring substituents is 1. The van der Waals surface area contributed by atoms with Crippen LogP contribution in [0.4, 0.5) is 5.69 Å². The number of aromatic nitrogens is 1. The van der Waals surface area contributed by atoms with Gasteiger partial charge >= 0.3 is 5.69 Å². The minimum atomic E-state index is -0.692. The summed E-state index contributed by atoms with van der Waals surface area (Å²) >= 11 is 0. The standard InChI is InChI=1S/C17H11N3O3/c1-19-10-12-7-14(20(22)23)16(21)8-13(12)17(15(19)9-18)11-5-3-2-4-6-11/h2-8,10H,1H3. The Balaban J connectivity index is 2.47. The van der Waals surface area contributed by atoms with E-state index < -0.39 is 16.0 Å². The fourth-order valence-electron chi connectivity index (χ4n) is 2.66. The summed E-state index contributed by atoms with van der Waals surface area (Å²) in [7, 11) is 1.70. The zero-order valence-electron chi connectivity index (χ0n) is 12.2. The van der Waals surface area contributed by atoms with Crippen LogP contribution in [-0.4, -0.2) is 9.49 Å². The third-order valence-electron chi connectivity index (χ3n) is 3.69. The molecule has 0 bridgehead atoms. The molecule has 0 atom stereocenters. The fourth-order valence-corrected chi connectivity index (χ4v) is 2.66. The molecule has 6 heteroatoms. The number of nitro benzene ring substituents is 1. The first-order valence-corrected chi connectivity index (χ1v) is 6.80. The minimum Gasteiger partial charge on any atom is -0.341 e. The van der Waals surface area contributed by atoms with Gasteiger partial charge in [-0.25, -0.2) is 0 Å². The van der Waals surface area contributed by atoms with Crippen LogP contribution >= 0.6 is 0 Å². The molecule has 2 aliphatic rings. The van der Waals surface area contributed by atoms with Crippen LogP contribution < -0.4 is 5.43 Å². The zero-order valence-corrected chi connectivity index (χ0v) is 12.2. The van der Waals surface area contributed by atoms with Crippen molar-refractivity contribution in [2.75, 3.05) is 0 Å². The number of fused-ring (bicyclic) bond motifs is 1. The molecular formula is C17H11N3O3. The van der Waals surface area contributed by atoms with Gasteiger partial charge in [-0.2, -0.15) is 5.26 Å². The summed E-state index contributed by atoms with van der Waals surface area (Å²) in [6.07, 6.45) is 1.62. The molecule has 0 saturated heterocycles. The summed E-state index contributed by atoms with van der Waals surface area (Å²) in [4.78, 5) is 22.3. The minimum absolute atomic E-state index is 0.386. The molecule has 0 N–H and O–H groups in total. The fraction of sp³-hybridized carbons (Fsp3) is 0.0588. The lowest BCUT2D eigenvalue weighted by molar-refractivity contribution is -0.385. The second-order valence-electron chi connectivity index (χ2n) is 5.11. The first kappa shape index (κ1) is 14.5. The number of nitriles is 1. The second kappa shape index (κ2) is 5.39. The molecule has 0 spiro atoms. The summed E-state index contributed by atoms with van der Waals surface area (Å²) < 4.78 is 1.61. The van der Waals surface area contributed by atoms with Crippen LogP contribution in [0.5, 0.6) is 0 Å². The highest BCUT2D eigenvalue weighted by Gasteiger charge is 2.22. The van der Waals surface area contributed by atoms with Crippen molar-refractivity contribution in [2.24, 2.45) is 7.05 Å². The first-order valence-electron chi connectivity index (χ1n) is 6.80. The van der Waals surface area contributed by atoms with Crippen LogP contribution in [0.25, 0.3) is 22.3 Å². The number of rotatable bonds is 2. The van der Waals surface area contributed by atoms with Gasteiger partial charge in [-0.1, -0.05) is 30.3 Å². The Labute approximate surface area is 131 Å². The first-order chi connectivity index (χ1) is 11.0. The van der Waals surface area contributed by atoms with E-state index in [0.717, 1.165) is 5.56 Å². The van der Waals surface area contributed by atoms with Crippen LogP contribution in [0.3, 0.4) is 0 Å². The van der Waals surface area contributed by atoms with E-state index in [2.05, 4.69) is 6.07 Å². The van der Waals surface area contributed by atoms with Crippen LogP contribution in [-0.2, 0) is 7.05 Å². The molecule has 0 radical (unpaired) electrons. The summed E-state index contributed by atoms with van der Waals surface area (Å²) in [5.74, 6) is 0. The highest BCUT2D eigenvalue weighted by molar-refractivity contribution is 5.88.